The zero-order valence-corrected chi connectivity index (χ0v) is 33.2. The standard InChI is InChI=1S/C41H58N4O9S/c1-3-44(33-9-7-8-30(2)26-33)39(48)29-45-34-16-25-55-37(34)28-35(45)36(46)27-31-11-13-32(14-12-31)41(51)43-17-6-4-5-10-38(47)42-18-20-53-22-24-54-23-21-52-19-15-40(49)50/h7-9,16,25-26,28,31-32H,3-6,10-15,17-24,27,29H2,1-2H3,(H,42,47)(H,43,51)(H,49,50). The Morgan fingerprint density at radius 1 is 0.855 bits per heavy atom. The zero-order chi connectivity index (χ0) is 39.4. The van der Waals surface area contributed by atoms with Gasteiger partial charge in [0.25, 0.3) is 0 Å². The number of anilines is 1. The maximum atomic E-state index is 13.7. The summed E-state index contributed by atoms with van der Waals surface area (Å²) in [6.45, 7) is 7.62. The average Bonchev–Trinajstić information content (AvgIpc) is 3.76. The van der Waals surface area contributed by atoms with Crippen LogP contribution in [-0.4, -0.2) is 98.4 Å². The van der Waals surface area contributed by atoms with Crippen molar-refractivity contribution >= 4 is 56.7 Å². The van der Waals surface area contributed by atoms with E-state index in [1.807, 2.05) is 60.2 Å². The van der Waals surface area contributed by atoms with E-state index in [4.69, 9.17) is 19.3 Å². The number of thiophene rings is 1. The van der Waals surface area contributed by atoms with Gasteiger partial charge in [-0.1, -0.05) is 18.6 Å². The van der Waals surface area contributed by atoms with E-state index in [2.05, 4.69) is 10.6 Å². The number of carbonyl (C=O) groups is 5. The summed E-state index contributed by atoms with van der Waals surface area (Å²) in [7, 11) is 0. The molecule has 55 heavy (non-hydrogen) atoms. The fraction of sp³-hybridized carbons (Fsp3) is 0.585. The number of carbonyl (C=O) groups excluding carboxylic acids is 4. The zero-order valence-electron chi connectivity index (χ0n) is 32.4. The Morgan fingerprint density at radius 3 is 2.29 bits per heavy atom. The first-order chi connectivity index (χ1) is 26.7. The Kier molecular flexibility index (Phi) is 18.8. The number of benzene rings is 1. The first-order valence-electron chi connectivity index (χ1n) is 19.6. The number of hydrogen-bond donors (Lipinski definition) is 3. The summed E-state index contributed by atoms with van der Waals surface area (Å²) in [5, 5.41) is 16.4. The highest BCUT2D eigenvalue weighted by Gasteiger charge is 2.29. The van der Waals surface area contributed by atoms with Gasteiger partial charge in [0.15, 0.2) is 5.78 Å². The summed E-state index contributed by atoms with van der Waals surface area (Å²) in [5.74, 6) is -0.716. The van der Waals surface area contributed by atoms with Crippen LogP contribution in [0.15, 0.2) is 41.8 Å². The van der Waals surface area contributed by atoms with Crippen LogP contribution >= 0.6 is 11.3 Å². The molecular weight excluding hydrogens is 725 g/mol. The molecule has 3 N–H and O–H groups in total. The number of nitrogens with zero attached hydrogens (tertiary/aromatic N) is 2. The number of amides is 3. The number of rotatable bonds is 26. The van der Waals surface area contributed by atoms with Gasteiger partial charge >= 0.3 is 5.97 Å². The van der Waals surface area contributed by atoms with Gasteiger partial charge in [-0.2, -0.15) is 0 Å². The lowest BCUT2D eigenvalue weighted by atomic mass is 9.79. The molecule has 0 saturated heterocycles. The summed E-state index contributed by atoms with van der Waals surface area (Å²) < 4.78 is 18.8. The molecule has 13 nitrogen and oxygen atoms in total. The van der Waals surface area contributed by atoms with Crippen LogP contribution < -0.4 is 15.5 Å². The number of ketones is 1. The SMILES string of the molecule is CCN(C(=O)Cn1c(C(=O)CC2CCC(C(=O)NCCCCCC(=O)NCCOCCOCCOCCC(=O)O)CC2)cc2sccc21)c1cccc(C)c1. The number of carboxylic acid groups (broad SMARTS) is 1. The Morgan fingerprint density at radius 2 is 1.58 bits per heavy atom. The topological polar surface area (TPSA) is 165 Å². The first-order valence-corrected chi connectivity index (χ1v) is 20.5. The third-order valence-corrected chi connectivity index (χ3v) is 10.7. The predicted octanol–water partition coefficient (Wildman–Crippen LogP) is 5.76. The van der Waals surface area contributed by atoms with Crippen LogP contribution in [0.2, 0.25) is 0 Å². The highest BCUT2D eigenvalue weighted by Crippen LogP contribution is 2.33. The molecule has 3 aromatic rings. The first kappa shape index (κ1) is 43.6. The number of carboxylic acids is 1. The van der Waals surface area contributed by atoms with Gasteiger partial charge in [0.2, 0.25) is 17.7 Å². The highest BCUT2D eigenvalue weighted by molar-refractivity contribution is 7.17. The average molecular weight is 783 g/mol. The van der Waals surface area contributed by atoms with Crippen molar-refractivity contribution in [2.45, 2.75) is 84.6 Å². The molecule has 1 aromatic carbocycles. The number of aromatic nitrogens is 1. The molecule has 14 heteroatoms. The van der Waals surface area contributed by atoms with Crippen molar-refractivity contribution in [1.82, 2.24) is 15.2 Å². The fourth-order valence-electron chi connectivity index (χ4n) is 6.89. The van der Waals surface area contributed by atoms with Crippen molar-refractivity contribution in [3.63, 3.8) is 0 Å². The molecule has 0 unspecified atom stereocenters. The van der Waals surface area contributed by atoms with Crippen LogP contribution in [0.1, 0.15) is 87.2 Å². The number of unbranched alkanes of at least 4 members (excludes halogenated alkanes) is 2. The molecule has 0 spiro atoms. The Hall–Kier alpha value is -4.11. The smallest absolute Gasteiger partial charge is 0.305 e. The minimum atomic E-state index is -0.893. The van der Waals surface area contributed by atoms with E-state index in [1.165, 1.54) is 0 Å². The van der Waals surface area contributed by atoms with Gasteiger partial charge in [-0.25, -0.2) is 0 Å². The van der Waals surface area contributed by atoms with E-state index >= 15 is 0 Å². The van der Waals surface area contributed by atoms with Gasteiger partial charge < -0.3 is 39.4 Å². The number of likely N-dealkylation sites (N-methyl/N-ethyl adjacent to an activating group) is 1. The molecule has 3 amide bonds. The lowest BCUT2D eigenvalue weighted by Gasteiger charge is -2.27. The number of nitrogens with one attached hydrogen (secondary N) is 2. The molecule has 302 valence electrons. The Labute approximate surface area is 328 Å². The number of ether oxygens (including phenoxy) is 3. The molecular formula is C41H58N4O9S. The molecule has 2 aromatic heterocycles. The molecule has 0 atom stereocenters. The van der Waals surface area contributed by atoms with Gasteiger partial charge in [0.1, 0.15) is 6.54 Å². The molecule has 1 aliphatic rings. The minimum absolute atomic E-state index is 0.0267. The Balaban J connectivity index is 1.06. The van der Waals surface area contributed by atoms with Crippen LogP contribution in [0, 0.1) is 18.8 Å². The van der Waals surface area contributed by atoms with E-state index in [-0.39, 0.29) is 54.9 Å². The Bertz CT molecular complexity index is 1680. The lowest BCUT2D eigenvalue weighted by molar-refractivity contribution is -0.138. The minimum Gasteiger partial charge on any atom is -0.481 e. The molecule has 1 aliphatic carbocycles. The number of aliphatic carboxylic acids is 1. The molecule has 1 fully saturated rings. The second kappa shape index (κ2) is 23.7. The lowest BCUT2D eigenvalue weighted by Crippen LogP contribution is -2.35. The normalized spacial score (nSPS) is 15.5. The monoisotopic (exact) mass is 782 g/mol. The van der Waals surface area contributed by atoms with Crippen LogP contribution in [-0.2, 0) is 39.9 Å². The summed E-state index contributed by atoms with van der Waals surface area (Å²) in [5.41, 5.74) is 3.42. The van der Waals surface area contributed by atoms with E-state index in [0.29, 0.717) is 71.2 Å². The molecule has 1 saturated carbocycles. The fourth-order valence-corrected chi connectivity index (χ4v) is 7.71. The van der Waals surface area contributed by atoms with Crippen molar-refractivity contribution < 1.29 is 43.3 Å². The third-order valence-electron chi connectivity index (χ3n) is 9.88. The van der Waals surface area contributed by atoms with Crippen molar-refractivity contribution in [3.05, 3.63) is 53.0 Å². The summed E-state index contributed by atoms with van der Waals surface area (Å²) >= 11 is 1.57. The van der Waals surface area contributed by atoms with Crippen molar-refractivity contribution in [2.24, 2.45) is 11.8 Å². The number of hydrogen-bond acceptors (Lipinski definition) is 9. The largest absolute Gasteiger partial charge is 0.481 e. The van der Waals surface area contributed by atoms with Crippen molar-refractivity contribution in [2.75, 3.05) is 64.2 Å². The summed E-state index contributed by atoms with van der Waals surface area (Å²) in [6, 6.07) is 11.8. The van der Waals surface area contributed by atoms with Crippen LogP contribution in [0.3, 0.4) is 0 Å². The number of aryl methyl sites for hydroxylation is 1. The molecule has 0 aliphatic heterocycles. The van der Waals surface area contributed by atoms with Crippen LogP contribution in [0.5, 0.6) is 0 Å². The van der Waals surface area contributed by atoms with E-state index in [0.717, 1.165) is 66.4 Å². The van der Waals surface area contributed by atoms with Crippen LogP contribution in [0.4, 0.5) is 5.69 Å². The van der Waals surface area contributed by atoms with Crippen molar-refractivity contribution in [1.29, 1.82) is 0 Å². The van der Waals surface area contributed by atoms with Gasteiger partial charge in [0.05, 0.1) is 62.0 Å². The van der Waals surface area contributed by atoms with Crippen molar-refractivity contribution in [3.8, 4) is 0 Å². The van der Waals surface area contributed by atoms with E-state index in [1.54, 1.807) is 16.2 Å². The van der Waals surface area contributed by atoms with E-state index < -0.39 is 5.97 Å². The maximum Gasteiger partial charge on any atom is 0.305 e. The summed E-state index contributed by atoms with van der Waals surface area (Å²) in [6.07, 6.45) is 6.31. The number of fused-ring (bicyclic) bond motifs is 1. The molecule has 2 heterocycles. The van der Waals surface area contributed by atoms with Gasteiger partial charge in [-0.3, -0.25) is 24.0 Å². The third kappa shape index (κ3) is 14.8. The number of Topliss-reactive ketones (excluding diaryl/α,β-unsaturated/α-hetero) is 1. The molecule has 0 radical (unpaired) electrons. The molecule has 4 rings (SSSR count). The summed E-state index contributed by atoms with van der Waals surface area (Å²) in [4.78, 5) is 64.4. The highest BCUT2D eigenvalue weighted by atomic mass is 32.1. The maximum absolute atomic E-state index is 13.7. The van der Waals surface area contributed by atoms with Crippen LogP contribution in [0.25, 0.3) is 10.2 Å². The second-order valence-electron chi connectivity index (χ2n) is 14.0. The van der Waals surface area contributed by atoms with Gasteiger partial charge in [0, 0.05) is 44.1 Å². The van der Waals surface area contributed by atoms with Gasteiger partial charge in [-0.05, 0) is 93.5 Å². The quantitative estimate of drug-likeness (QED) is 0.0678. The van der Waals surface area contributed by atoms with Gasteiger partial charge in [-0.15, -0.1) is 11.3 Å². The van der Waals surface area contributed by atoms with E-state index in [9.17, 15) is 24.0 Å². The molecule has 0 bridgehead atoms. The second-order valence-corrected chi connectivity index (χ2v) is 15.0. The predicted molar refractivity (Wildman–Crippen MR) is 213 cm³/mol.